The third kappa shape index (κ3) is 6.63. The number of carbonyl (C=O) groups is 2. The minimum atomic E-state index is -6.01. The molecule has 164 valence electrons. The Morgan fingerprint density at radius 2 is 1.71 bits per heavy atom. The highest BCUT2D eigenvalue weighted by Gasteiger charge is 2.66. The van der Waals surface area contributed by atoms with Crippen molar-refractivity contribution in [2.24, 2.45) is 0 Å². The van der Waals surface area contributed by atoms with Crippen molar-refractivity contribution in [3.63, 3.8) is 0 Å². The molecular formula is C13H17F6NO7S. The molecule has 0 aromatic rings. The molecule has 15 heteroatoms. The Balaban J connectivity index is 5.81. The molecule has 0 aliphatic carbocycles. The summed E-state index contributed by atoms with van der Waals surface area (Å²) in [6, 6.07) is 0. The Morgan fingerprint density at radius 3 is 2.11 bits per heavy atom. The molecular weight excluding hydrogens is 428 g/mol. The van der Waals surface area contributed by atoms with Gasteiger partial charge in [0.2, 0.25) is 5.83 Å². The van der Waals surface area contributed by atoms with Gasteiger partial charge in [0.15, 0.2) is 0 Å². The molecule has 8 nitrogen and oxygen atoms in total. The highest BCUT2D eigenvalue weighted by Crippen LogP contribution is 2.37. The largest absolute Gasteiger partial charge is 0.466 e. The maximum atomic E-state index is 13.4. The van der Waals surface area contributed by atoms with E-state index in [-0.39, 0.29) is 13.0 Å². The standard InChI is InChI=1S/C13H17F6NO7S/c1-3-4-6-20-10(22)12(13(17,18)19,27-9(21)8(2)14)26-7-5-11(15,16)28(23,24)25/h2-7H2,1H3,(H,20,22)(H,23,24,25). The van der Waals surface area contributed by atoms with E-state index in [0.29, 0.717) is 6.42 Å². The lowest BCUT2D eigenvalue weighted by atomic mass is 10.2. The van der Waals surface area contributed by atoms with Gasteiger partial charge in [0.05, 0.1) is 13.0 Å². The fourth-order valence-electron chi connectivity index (χ4n) is 1.53. The predicted molar refractivity (Wildman–Crippen MR) is 80.1 cm³/mol. The van der Waals surface area contributed by atoms with Crippen LogP contribution in [0.5, 0.6) is 0 Å². The quantitative estimate of drug-likeness (QED) is 0.125. The minimum absolute atomic E-state index is 0.171. The lowest BCUT2D eigenvalue weighted by Crippen LogP contribution is -2.62. The molecule has 1 unspecified atom stereocenters. The molecule has 0 bridgehead atoms. The number of hydrogen-bond donors (Lipinski definition) is 2. The summed E-state index contributed by atoms with van der Waals surface area (Å²) in [6.45, 7) is 1.79. The molecule has 0 rings (SSSR count). The number of rotatable bonds is 11. The maximum absolute atomic E-state index is 13.4. The number of halogens is 6. The number of carbonyl (C=O) groups excluding carboxylic acids is 2. The van der Waals surface area contributed by atoms with E-state index in [2.05, 4.69) is 16.1 Å². The topological polar surface area (TPSA) is 119 Å². The van der Waals surface area contributed by atoms with Crippen molar-refractivity contribution in [1.82, 2.24) is 5.32 Å². The molecule has 1 amide bonds. The van der Waals surface area contributed by atoms with Crippen molar-refractivity contribution in [2.75, 3.05) is 13.2 Å². The van der Waals surface area contributed by atoms with Crippen LogP contribution in [-0.2, 0) is 29.2 Å². The first-order chi connectivity index (χ1) is 12.5. The van der Waals surface area contributed by atoms with Crippen LogP contribution in [0.2, 0.25) is 0 Å². The van der Waals surface area contributed by atoms with Crippen LogP contribution in [0.1, 0.15) is 26.2 Å². The number of unbranched alkanes of at least 4 members (excludes halogenated alkanes) is 1. The van der Waals surface area contributed by atoms with Gasteiger partial charge in [0.25, 0.3) is 0 Å². The lowest BCUT2D eigenvalue weighted by molar-refractivity contribution is -0.348. The first-order valence-electron chi connectivity index (χ1n) is 7.43. The summed E-state index contributed by atoms with van der Waals surface area (Å²) in [5.41, 5.74) is 0. The molecule has 0 aromatic carbocycles. The van der Waals surface area contributed by atoms with Gasteiger partial charge in [-0.25, -0.2) is 4.79 Å². The summed E-state index contributed by atoms with van der Waals surface area (Å²) >= 11 is 0. The van der Waals surface area contributed by atoms with Gasteiger partial charge in [-0.1, -0.05) is 19.9 Å². The van der Waals surface area contributed by atoms with E-state index < -0.39 is 58.1 Å². The number of amides is 1. The molecule has 0 aromatic heterocycles. The molecule has 1 atom stereocenters. The summed E-state index contributed by atoms with van der Waals surface area (Å²) in [7, 11) is -6.01. The molecule has 2 N–H and O–H groups in total. The maximum Gasteiger partial charge on any atom is 0.466 e. The van der Waals surface area contributed by atoms with E-state index in [4.69, 9.17) is 4.55 Å². The summed E-state index contributed by atoms with van der Waals surface area (Å²) in [5, 5.41) is -3.25. The number of esters is 1. The van der Waals surface area contributed by atoms with E-state index in [0.717, 1.165) is 0 Å². The summed E-state index contributed by atoms with van der Waals surface area (Å²) in [4.78, 5) is 23.2. The van der Waals surface area contributed by atoms with Crippen LogP contribution in [0.3, 0.4) is 0 Å². The monoisotopic (exact) mass is 445 g/mol. The van der Waals surface area contributed by atoms with Crippen LogP contribution < -0.4 is 5.32 Å². The third-order valence-electron chi connectivity index (χ3n) is 3.02. The Hall–Kier alpha value is -1.87. The zero-order chi connectivity index (χ0) is 22.4. The highest BCUT2D eigenvalue weighted by molar-refractivity contribution is 7.86. The van der Waals surface area contributed by atoms with Gasteiger partial charge in [-0.15, -0.1) is 0 Å². The molecule has 28 heavy (non-hydrogen) atoms. The molecule has 0 fully saturated rings. The second-order valence-electron chi connectivity index (χ2n) is 5.23. The first-order valence-corrected chi connectivity index (χ1v) is 8.87. The molecule has 0 spiro atoms. The van der Waals surface area contributed by atoms with Crippen molar-refractivity contribution >= 4 is 22.0 Å². The van der Waals surface area contributed by atoms with E-state index in [1.54, 1.807) is 12.2 Å². The molecule has 0 aliphatic heterocycles. The second kappa shape index (κ2) is 9.56. The molecule has 0 radical (unpaired) electrons. The van der Waals surface area contributed by atoms with Crippen LogP contribution in [0.4, 0.5) is 26.3 Å². The fourth-order valence-corrected chi connectivity index (χ4v) is 1.87. The van der Waals surface area contributed by atoms with Gasteiger partial charge in [-0.2, -0.15) is 34.8 Å². The average Bonchev–Trinajstić information content (AvgIpc) is 2.51. The highest BCUT2D eigenvalue weighted by atomic mass is 32.2. The van der Waals surface area contributed by atoms with Gasteiger partial charge in [-0.3, -0.25) is 9.35 Å². The number of nitrogens with one attached hydrogen (secondary N) is 1. The number of alkyl halides is 5. The minimum Gasteiger partial charge on any atom is -0.410 e. The van der Waals surface area contributed by atoms with E-state index in [1.165, 1.54) is 0 Å². The SMILES string of the molecule is C=C(F)C(=O)OC(OCCC(F)(F)S(=O)(=O)O)(C(=O)NCCCC)C(F)(F)F. The zero-order valence-corrected chi connectivity index (χ0v) is 15.1. The first kappa shape index (κ1) is 26.1. The Kier molecular flexibility index (Phi) is 8.92. The van der Waals surface area contributed by atoms with Crippen LogP contribution in [0.25, 0.3) is 0 Å². The molecule has 0 saturated carbocycles. The van der Waals surface area contributed by atoms with Gasteiger partial charge in [0.1, 0.15) is 0 Å². The predicted octanol–water partition coefficient (Wildman–Crippen LogP) is 2.07. The van der Waals surface area contributed by atoms with Crippen molar-refractivity contribution in [3.8, 4) is 0 Å². The smallest absolute Gasteiger partial charge is 0.410 e. The molecule has 0 heterocycles. The molecule has 0 aliphatic rings. The van der Waals surface area contributed by atoms with Crippen molar-refractivity contribution in [1.29, 1.82) is 0 Å². The van der Waals surface area contributed by atoms with Crippen LogP contribution >= 0.6 is 0 Å². The third-order valence-corrected chi connectivity index (χ3v) is 3.98. The van der Waals surface area contributed by atoms with E-state index in [1.807, 2.05) is 0 Å². The van der Waals surface area contributed by atoms with Crippen molar-refractivity contribution in [2.45, 2.75) is 43.4 Å². The summed E-state index contributed by atoms with van der Waals surface area (Å²) in [5.74, 6) is -11.2. The summed E-state index contributed by atoms with van der Waals surface area (Å²) < 4.78 is 116. The van der Waals surface area contributed by atoms with Gasteiger partial charge < -0.3 is 14.8 Å². The fraction of sp³-hybridized carbons (Fsp3) is 0.692. The Morgan fingerprint density at radius 1 is 1.18 bits per heavy atom. The van der Waals surface area contributed by atoms with Gasteiger partial charge >= 0.3 is 39.2 Å². The van der Waals surface area contributed by atoms with Crippen LogP contribution in [0, 0.1) is 0 Å². The van der Waals surface area contributed by atoms with E-state index >= 15 is 0 Å². The molecule has 0 saturated heterocycles. The van der Waals surface area contributed by atoms with Crippen LogP contribution in [-0.4, -0.2) is 55.2 Å². The van der Waals surface area contributed by atoms with Crippen molar-refractivity contribution in [3.05, 3.63) is 12.4 Å². The Bertz CT molecular complexity index is 694. The van der Waals surface area contributed by atoms with Crippen LogP contribution in [0.15, 0.2) is 12.4 Å². The second-order valence-corrected chi connectivity index (χ2v) is 6.78. The average molecular weight is 445 g/mol. The lowest BCUT2D eigenvalue weighted by Gasteiger charge is -2.33. The van der Waals surface area contributed by atoms with Gasteiger partial charge in [0, 0.05) is 6.54 Å². The zero-order valence-electron chi connectivity index (χ0n) is 14.3. The van der Waals surface area contributed by atoms with Gasteiger partial charge in [-0.05, 0) is 6.42 Å². The van der Waals surface area contributed by atoms with Crippen molar-refractivity contribution < 1.29 is 58.4 Å². The normalized spacial score (nSPS) is 14.9. The summed E-state index contributed by atoms with van der Waals surface area (Å²) in [6.07, 6.45) is -7.34. The Labute approximate surface area is 155 Å². The number of ether oxygens (including phenoxy) is 2. The number of hydrogen-bond acceptors (Lipinski definition) is 6. The van der Waals surface area contributed by atoms with E-state index in [9.17, 15) is 44.3 Å².